The number of nitro groups is 1. The van der Waals surface area contributed by atoms with Crippen molar-refractivity contribution in [1.82, 2.24) is 0 Å². The Balaban J connectivity index is 2.15. The first kappa shape index (κ1) is 13.0. The summed E-state index contributed by atoms with van der Waals surface area (Å²) in [4.78, 5) is 12.8. The van der Waals surface area contributed by atoms with Crippen molar-refractivity contribution in [3.05, 3.63) is 52.1 Å². The minimum Gasteiger partial charge on any atom is -0.348 e. The average Bonchev–Trinajstić information content (AvgIpc) is 2.43. The molecular weight excluding hydrogens is 272 g/mol. The van der Waals surface area contributed by atoms with Gasteiger partial charge in [0.05, 0.1) is 10.6 Å². The predicted molar refractivity (Wildman–Crippen MR) is 81.0 cm³/mol. The van der Waals surface area contributed by atoms with Gasteiger partial charge in [-0.1, -0.05) is 43.8 Å². The standard InChI is InChI=1S/C15H14N2O2S/c1-9(2)10-5-3-7-12-14(10)16-15-11(17(18)19)6-4-8-13(15)20-12/h3-9,16H,1-2H3. The van der Waals surface area contributed by atoms with Gasteiger partial charge in [-0.3, -0.25) is 10.1 Å². The lowest BCUT2D eigenvalue weighted by Gasteiger charge is -2.24. The van der Waals surface area contributed by atoms with Crippen LogP contribution in [0.2, 0.25) is 0 Å². The first-order valence-electron chi connectivity index (χ1n) is 6.43. The number of hydrogen-bond donors (Lipinski definition) is 1. The highest BCUT2D eigenvalue weighted by atomic mass is 32.2. The van der Waals surface area contributed by atoms with E-state index in [1.54, 1.807) is 17.8 Å². The van der Waals surface area contributed by atoms with Crippen LogP contribution in [0.15, 0.2) is 46.2 Å². The number of nitro benzene ring substituents is 1. The highest BCUT2D eigenvalue weighted by Gasteiger charge is 2.25. The molecule has 2 aromatic rings. The van der Waals surface area contributed by atoms with E-state index in [0.29, 0.717) is 11.6 Å². The minimum absolute atomic E-state index is 0.124. The van der Waals surface area contributed by atoms with E-state index in [1.165, 1.54) is 11.6 Å². The normalized spacial score (nSPS) is 12.6. The largest absolute Gasteiger partial charge is 0.348 e. The molecule has 1 N–H and O–H groups in total. The number of benzene rings is 2. The highest BCUT2D eigenvalue weighted by molar-refractivity contribution is 7.99. The van der Waals surface area contributed by atoms with Crippen LogP contribution in [-0.4, -0.2) is 4.92 Å². The Morgan fingerprint density at radius 2 is 1.75 bits per heavy atom. The summed E-state index contributed by atoms with van der Waals surface area (Å²) in [7, 11) is 0. The fourth-order valence-electron chi connectivity index (χ4n) is 2.37. The lowest BCUT2D eigenvalue weighted by Crippen LogP contribution is -2.06. The monoisotopic (exact) mass is 286 g/mol. The first-order valence-corrected chi connectivity index (χ1v) is 7.24. The van der Waals surface area contributed by atoms with Gasteiger partial charge in [-0.25, -0.2) is 0 Å². The van der Waals surface area contributed by atoms with Crippen molar-refractivity contribution in [3.63, 3.8) is 0 Å². The fraction of sp³-hybridized carbons (Fsp3) is 0.200. The van der Waals surface area contributed by atoms with Crippen LogP contribution in [-0.2, 0) is 0 Å². The first-order chi connectivity index (χ1) is 9.58. The zero-order valence-corrected chi connectivity index (χ0v) is 12.0. The molecule has 4 nitrogen and oxygen atoms in total. The Morgan fingerprint density at radius 1 is 1.10 bits per heavy atom. The van der Waals surface area contributed by atoms with E-state index in [4.69, 9.17) is 0 Å². The molecule has 0 spiro atoms. The van der Waals surface area contributed by atoms with Gasteiger partial charge >= 0.3 is 0 Å². The molecular formula is C15H14N2O2S. The van der Waals surface area contributed by atoms with E-state index in [0.717, 1.165) is 15.5 Å². The third kappa shape index (κ3) is 2.04. The molecule has 0 fully saturated rings. The van der Waals surface area contributed by atoms with Crippen molar-refractivity contribution in [2.75, 3.05) is 5.32 Å². The van der Waals surface area contributed by atoms with Crippen molar-refractivity contribution in [2.45, 2.75) is 29.6 Å². The molecule has 5 heteroatoms. The number of para-hydroxylation sites is 2. The Bertz CT molecular complexity index is 698. The molecule has 0 bridgehead atoms. The van der Waals surface area contributed by atoms with E-state index in [2.05, 4.69) is 25.2 Å². The molecule has 0 amide bonds. The molecule has 0 aromatic heterocycles. The predicted octanol–water partition coefficient (Wildman–Crippen LogP) is 4.93. The van der Waals surface area contributed by atoms with Crippen molar-refractivity contribution in [3.8, 4) is 0 Å². The SMILES string of the molecule is CC(C)c1cccc2c1Nc1c(cccc1[N+](=O)[O-])S2. The summed E-state index contributed by atoms with van der Waals surface area (Å²) >= 11 is 1.58. The molecule has 0 atom stereocenters. The second-order valence-corrected chi connectivity index (χ2v) is 6.09. The molecule has 0 unspecified atom stereocenters. The third-order valence-corrected chi connectivity index (χ3v) is 4.47. The molecule has 1 aliphatic heterocycles. The smallest absolute Gasteiger partial charge is 0.293 e. The lowest BCUT2D eigenvalue weighted by molar-refractivity contribution is -0.384. The van der Waals surface area contributed by atoms with E-state index in [1.807, 2.05) is 18.2 Å². The molecule has 1 aliphatic rings. The van der Waals surface area contributed by atoms with Gasteiger partial charge < -0.3 is 5.32 Å². The minimum atomic E-state index is -0.338. The van der Waals surface area contributed by atoms with Crippen LogP contribution in [0.5, 0.6) is 0 Å². The zero-order chi connectivity index (χ0) is 14.3. The Morgan fingerprint density at radius 3 is 2.40 bits per heavy atom. The summed E-state index contributed by atoms with van der Waals surface area (Å²) in [5, 5.41) is 14.4. The molecule has 0 saturated carbocycles. The number of hydrogen-bond acceptors (Lipinski definition) is 4. The summed E-state index contributed by atoms with van der Waals surface area (Å²) in [5.41, 5.74) is 2.90. The van der Waals surface area contributed by atoms with Crippen molar-refractivity contribution < 1.29 is 4.92 Å². The van der Waals surface area contributed by atoms with Gasteiger partial charge in [-0.15, -0.1) is 0 Å². The maximum atomic E-state index is 11.2. The van der Waals surface area contributed by atoms with Gasteiger partial charge in [0.2, 0.25) is 0 Å². The van der Waals surface area contributed by atoms with Crippen LogP contribution in [0, 0.1) is 10.1 Å². The summed E-state index contributed by atoms with van der Waals surface area (Å²) in [6.45, 7) is 4.24. The third-order valence-electron chi connectivity index (χ3n) is 3.35. The Kier molecular flexibility index (Phi) is 3.14. The highest BCUT2D eigenvalue weighted by Crippen LogP contribution is 2.49. The van der Waals surface area contributed by atoms with E-state index in [9.17, 15) is 10.1 Å². The van der Waals surface area contributed by atoms with Crippen molar-refractivity contribution in [2.24, 2.45) is 0 Å². The molecule has 20 heavy (non-hydrogen) atoms. The summed E-state index contributed by atoms with van der Waals surface area (Å²) < 4.78 is 0. The van der Waals surface area contributed by atoms with E-state index in [-0.39, 0.29) is 10.6 Å². The van der Waals surface area contributed by atoms with Gasteiger partial charge in [0.1, 0.15) is 5.69 Å². The second-order valence-electron chi connectivity index (χ2n) is 5.01. The van der Waals surface area contributed by atoms with Crippen LogP contribution in [0.3, 0.4) is 0 Å². The van der Waals surface area contributed by atoms with Crippen LogP contribution < -0.4 is 5.32 Å². The second kappa shape index (κ2) is 4.83. The maximum absolute atomic E-state index is 11.2. The molecule has 0 radical (unpaired) electrons. The van der Waals surface area contributed by atoms with Gasteiger partial charge in [0, 0.05) is 15.9 Å². The Labute approximate surface area is 121 Å². The maximum Gasteiger partial charge on any atom is 0.293 e. The lowest BCUT2D eigenvalue weighted by atomic mass is 10.0. The summed E-state index contributed by atoms with van der Waals surface area (Å²) in [6.07, 6.45) is 0. The number of nitrogens with zero attached hydrogens (tertiary/aromatic N) is 1. The molecule has 102 valence electrons. The number of anilines is 2. The number of nitrogens with one attached hydrogen (secondary N) is 1. The van der Waals surface area contributed by atoms with Gasteiger partial charge in [0.15, 0.2) is 0 Å². The fourth-order valence-corrected chi connectivity index (χ4v) is 3.43. The summed E-state index contributed by atoms with van der Waals surface area (Å²) in [6, 6.07) is 11.3. The number of rotatable bonds is 2. The van der Waals surface area contributed by atoms with Crippen LogP contribution in [0.1, 0.15) is 25.3 Å². The molecule has 1 heterocycles. The van der Waals surface area contributed by atoms with Gasteiger partial charge in [0.25, 0.3) is 5.69 Å². The Hall–Kier alpha value is -2.01. The van der Waals surface area contributed by atoms with Crippen molar-refractivity contribution >= 4 is 28.8 Å². The summed E-state index contributed by atoms with van der Waals surface area (Å²) in [5.74, 6) is 0.363. The molecule has 0 aliphatic carbocycles. The average molecular weight is 286 g/mol. The van der Waals surface area contributed by atoms with Gasteiger partial charge in [-0.2, -0.15) is 0 Å². The van der Waals surface area contributed by atoms with Crippen LogP contribution in [0.4, 0.5) is 17.1 Å². The van der Waals surface area contributed by atoms with E-state index >= 15 is 0 Å². The number of fused-ring (bicyclic) bond motifs is 2. The van der Waals surface area contributed by atoms with E-state index < -0.39 is 0 Å². The van der Waals surface area contributed by atoms with Crippen molar-refractivity contribution in [1.29, 1.82) is 0 Å². The van der Waals surface area contributed by atoms with Gasteiger partial charge in [-0.05, 0) is 23.6 Å². The molecule has 0 saturated heterocycles. The van der Waals surface area contributed by atoms with Crippen LogP contribution >= 0.6 is 11.8 Å². The zero-order valence-electron chi connectivity index (χ0n) is 11.2. The molecule has 2 aromatic carbocycles. The topological polar surface area (TPSA) is 55.2 Å². The molecule has 3 rings (SSSR count). The van der Waals surface area contributed by atoms with Crippen LogP contribution in [0.25, 0.3) is 0 Å². The quantitative estimate of drug-likeness (QED) is 0.536.